The van der Waals surface area contributed by atoms with Crippen molar-refractivity contribution in [3.8, 4) is 5.75 Å². The van der Waals surface area contributed by atoms with Crippen LogP contribution in [0.4, 0.5) is 5.69 Å². The van der Waals surface area contributed by atoms with Gasteiger partial charge in [0.1, 0.15) is 10.6 Å². The van der Waals surface area contributed by atoms with Crippen molar-refractivity contribution in [2.75, 3.05) is 31.4 Å². The quantitative estimate of drug-likeness (QED) is 0.564. The third-order valence-electron chi connectivity index (χ3n) is 2.54. The van der Waals surface area contributed by atoms with E-state index in [-0.39, 0.29) is 4.90 Å². The second-order valence-electron chi connectivity index (χ2n) is 4.01. The van der Waals surface area contributed by atoms with E-state index in [4.69, 9.17) is 10.5 Å². The highest BCUT2D eigenvalue weighted by molar-refractivity contribution is 7.98. The molecule has 1 rings (SSSR count). The summed E-state index contributed by atoms with van der Waals surface area (Å²) in [5, 5.41) is 0. The van der Waals surface area contributed by atoms with Gasteiger partial charge in [-0.1, -0.05) is 0 Å². The van der Waals surface area contributed by atoms with E-state index in [2.05, 4.69) is 4.72 Å². The van der Waals surface area contributed by atoms with Crippen molar-refractivity contribution in [2.45, 2.75) is 17.7 Å². The number of hydrogen-bond acceptors (Lipinski definition) is 5. The molecule has 0 bridgehead atoms. The van der Waals surface area contributed by atoms with Crippen LogP contribution in [0.25, 0.3) is 0 Å². The summed E-state index contributed by atoms with van der Waals surface area (Å²) in [5.74, 6) is 1.33. The van der Waals surface area contributed by atoms with Crippen LogP contribution >= 0.6 is 11.8 Å². The molecule has 0 heterocycles. The summed E-state index contributed by atoms with van der Waals surface area (Å²) in [6.45, 7) is 0.418. The van der Waals surface area contributed by atoms with Gasteiger partial charge >= 0.3 is 0 Å². The summed E-state index contributed by atoms with van der Waals surface area (Å²) >= 11 is 1.75. The van der Waals surface area contributed by atoms with Gasteiger partial charge in [0.2, 0.25) is 10.0 Å². The van der Waals surface area contributed by atoms with Crippen LogP contribution in [-0.2, 0) is 10.0 Å². The molecular formula is C12H20N2O3S2. The molecule has 0 atom stereocenters. The maximum absolute atomic E-state index is 12.1. The smallest absolute Gasteiger partial charge is 0.244 e. The Kier molecular flexibility index (Phi) is 6.47. The fourth-order valence-electron chi connectivity index (χ4n) is 1.56. The summed E-state index contributed by atoms with van der Waals surface area (Å²) in [7, 11) is -2.14. The molecule has 3 N–H and O–H groups in total. The number of anilines is 1. The predicted octanol–water partition coefficient (Wildman–Crippen LogP) is 1.70. The lowest BCUT2D eigenvalue weighted by Crippen LogP contribution is -2.25. The topological polar surface area (TPSA) is 81.4 Å². The van der Waals surface area contributed by atoms with Crippen molar-refractivity contribution in [3.63, 3.8) is 0 Å². The van der Waals surface area contributed by atoms with Crippen LogP contribution in [-0.4, -0.2) is 34.1 Å². The minimum absolute atomic E-state index is 0.0832. The minimum atomic E-state index is -3.57. The van der Waals surface area contributed by atoms with E-state index in [1.54, 1.807) is 23.9 Å². The third-order valence-corrected chi connectivity index (χ3v) is 4.72. The molecule has 0 spiro atoms. The predicted molar refractivity (Wildman–Crippen MR) is 80.2 cm³/mol. The molecule has 0 aliphatic heterocycles. The first-order chi connectivity index (χ1) is 9.01. The number of hydrogen-bond donors (Lipinski definition) is 2. The zero-order valence-corrected chi connectivity index (χ0v) is 12.8. The Balaban J connectivity index is 2.74. The maximum atomic E-state index is 12.1. The van der Waals surface area contributed by atoms with E-state index < -0.39 is 10.0 Å². The van der Waals surface area contributed by atoms with Gasteiger partial charge < -0.3 is 10.5 Å². The first-order valence-corrected chi connectivity index (χ1v) is 8.81. The number of methoxy groups -OCH3 is 1. The van der Waals surface area contributed by atoms with Gasteiger partial charge in [0.15, 0.2) is 0 Å². The van der Waals surface area contributed by atoms with Crippen LogP contribution in [0.5, 0.6) is 5.75 Å². The van der Waals surface area contributed by atoms with Gasteiger partial charge in [-0.15, -0.1) is 0 Å². The van der Waals surface area contributed by atoms with Gasteiger partial charge in [-0.05, 0) is 43.0 Å². The Labute approximate surface area is 119 Å². The van der Waals surface area contributed by atoms with Gasteiger partial charge in [-0.3, -0.25) is 0 Å². The molecule has 7 heteroatoms. The number of thioether (sulfide) groups is 1. The molecule has 0 unspecified atom stereocenters. The highest BCUT2D eigenvalue weighted by Crippen LogP contribution is 2.25. The van der Waals surface area contributed by atoms with Crippen molar-refractivity contribution in [1.29, 1.82) is 0 Å². The molecule has 0 aliphatic carbocycles. The molecule has 0 saturated heterocycles. The molecule has 0 amide bonds. The van der Waals surface area contributed by atoms with Crippen LogP contribution in [0.15, 0.2) is 23.1 Å². The van der Waals surface area contributed by atoms with Crippen molar-refractivity contribution in [3.05, 3.63) is 18.2 Å². The first-order valence-electron chi connectivity index (χ1n) is 5.93. The number of nitrogen functional groups attached to an aromatic ring is 1. The molecule has 1 aromatic rings. The number of unbranched alkanes of at least 4 members (excludes halogenated alkanes) is 1. The summed E-state index contributed by atoms with van der Waals surface area (Å²) in [6.07, 6.45) is 3.82. The average molecular weight is 304 g/mol. The highest BCUT2D eigenvalue weighted by Gasteiger charge is 2.19. The molecule has 0 fully saturated rings. The molecule has 108 valence electrons. The Bertz CT molecular complexity index is 504. The Morgan fingerprint density at radius 2 is 2.11 bits per heavy atom. The SMILES string of the molecule is COc1ccc(N)cc1S(=O)(=O)NCCCCSC. The van der Waals surface area contributed by atoms with Crippen molar-refractivity contribution in [2.24, 2.45) is 0 Å². The maximum Gasteiger partial charge on any atom is 0.244 e. The zero-order valence-electron chi connectivity index (χ0n) is 11.2. The Hall–Kier alpha value is -0.920. The first kappa shape index (κ1) is 16.1. The largest absolute Gasteiger partial charge is 0.495 e. The molecule has 19 heavy (non-hydrogen) atoms. The number of ether oxygens (including phenoxy) is 1. The van der Waals surface area contributed by atoms with Crippen LogP contribution in [0.3, 0.4) is 0 Å². The lowest BCUT2D eigenvalue weighted by molar-refractivity contribution is 0.402. The molecule has 0 aromatic heterocycles. The van der Waals surface area contributed by atoms with Crippen LogP contribution in [0.1, 0.15) is 12.8 Å². The Morgan fingerprint density at radius 3 is 2.74 bits per heavy atom. The van der Waals surface area contributed by atoms with E-state index in [1.165, 1.54) is 13.2 Å². The fourth-order valence-corrected chi connectivity index (χ4v) is 3.33. The van der Waals surface area contributed by atoms with Gasteiger partial charge in [0.05, 0.1) is 7.11 Å². The standard InChI is InChI=1S/C12H20N2O3S2/c1-17-11-6-5-10(13)9-12(11)19(15,16)14-7-3-4-8-18-2/h5-6,9,14H,3-4,7-8,13H2,1-2H3. The number of nitrogens with two attached hydrogens (primary N) is 1. The lowest BCUT2D eigenvalue weighted by atomic mass is 10.3. The van der Waals surface area contributed by atoms with Crippen LogP contribution in [0.2, 0.25) is 0 Å². The molecule has 0 aliphatic rings. The zero-order chi connectivity index (χ0) is 14.3. The normalized spacial score (nSPS) is 11.5. The molecule has 0 saturated carbocycles. The fraction of sp³-hybridized carbons (Fsp3) is 0.500. The van der Waals surface area contributed by atoms with E-state index in [0.717, 1.165) is 18.6 Å². The van der Waals surface area contributed by atoms with Crippen LogP contribution in [0, 0.1) is 0 Å². The van der Waals surface area contributed by atoms with E-state index in [1.807, 2.05) is 6.26 Å². The molecule has 0 radical (unpaired) electrons. The van der Waals surface area contributed by atoms with Gasteiger partial charge in [-0.2, -0.15) is 11.8 Å². The number of nitrogens with one attached hydrogen (secondary N) is 1. The number of benzene rings is 1. The minimum Gasteiger partial charge on any atom is -0.495 e. The second-order valence-corrected chi connectivity index (χ2v) is 6.73. The highest BCUT2D eigenvalue weighted by atomic mass is 32.2. The van der Waals surface area contributed by atoms with Crippen LogP contribution < -0.4 is 15.2 Å². The number of rotatable bonds is 8. The summed E-state index contributed by atoms with van der Waals surface area (Å²) in [5.41, 5.74) is 6.01. The van der Waals surface area contributed by atoms with E-state index in [9.17, 15) is 8.42 Å². The van der Waals surface area contributed by atoms with Crippen molar-refractivity contribution >= 4 is 27.5 Å². The average Bonchev–Trinajstić information content (AvgIpc) is 2.38. The summed E-state index contributed by atoms with van der Waals surface area (Å²) in [6, 6.07) is 4.57. The summed E-state index contributed by atoms with van der Waals surface area (Å²) in [4.78, 5) is 0.0832. The summed E-state index contributed by atoms with van der Waals surface area (Å²) < 4.78 is 31.9. The monoisotopic (exact) mass is 304 g/mol. The van der Waals surface area contributed by atoms with Gasteiger partial charge in [0.25, 0.3) is 0 Å². The molecule has 1 aromatic carbocycles. The number of sulfonamides is 1. The van der Waals surface area contributed by atoms with Crippen molar-refractivity contribution < 1.29 is 13.2 Å². The Morgan fingerprint density at radius 1 is 1.37 bits per heavy atom. The van der Waals surface area contributed by atoms with E-state index >= 15 is 0 Å². The molecule has 5 nitrogen and oxygen atoms in total. The van der Waals surface area contributed by atoms with Crippen molar-refractivity contribution in [1.82, 2.24) is 4.72 Å². The lowest BCUT2D eigenvalue weighted by Gasteiger charge is -2.11. The second kappa shape index (κ2) is 7.62. The molecular weight excluding hydrogens is 284 g/mol. The third kappa shape index (κ3) is 4.93. The van der Waals surface area contributed by atoms with Gasteiger partial charge in [0, 0.05) is 12.2 Å². The van der Waals surface area contributed by atoms with Gasteiger partial charge in [-0.25, -0.2) is 13.1 Å². The van der Waals surface area contributed by atoms with E-state index in [0.29, 0.717) is 18.0 Å².